The molecule has 1 aliphatic heterocycles. The summed E-state index contributed by atoms with van der Waals surface area (Å²) in [6, 6.07) is 7.51. The van der Waals surface area contributed by atoms with E-state index in [1.807, 2.05) is 31.2 Å². The fraction of sp³-hybridized carbons (Fsp3) is 0.444. The lowest BCUT2D eigenvalue weighted by Crippen LogP contribution is -2.48. The molecule has 1 fully saturated rings. The molecule has 0 saturated carbocycles. The van der Waals surface area contributed by atoms with Crippen molar-refractivity contribution in [3.05, 3.63) is 41.5 Å². The standard InChI is InChI=1S/C18H23NO3/c1-3-22-18(21)16-6-4-5-13-19(16)17(20)12-11-15-9-7-14(2)8-10-15/h7-12,16H,3-6,13H2,1-2H3/b12-11+. The van der Waals surface area contributed by atoms with E-state index in [9.17, 15) is 9.59 Å². The van der Waals surface area contributed by atoms with Gasteiger partial charge in [-0.15, -0.1) is 0 Å². The van der Waals surface area contributed by atoms with Crippen molar-refractivity contribution in [3.8, 4) is 0 Å². The number of carbonyl (C=O) groups is 2. The van der Waals surface area contributed by atoms with Gasteiger partial charge in [0.15, 0.2) is 0 Å². The summed E-state index contributed by atoms with van der Waals surface area (Å²) in [6.07, 6.45) is 5.90. The van der Waals surface area contributed by atoms with E-state index in [4.69, 9.17) is 4.74 Å². The first-order valence-electron chi connectivity index (χ1n) is 7.84. The van der Waals surface area contributed by atoms with Gasteiger partial charge in [-0.05, 0) is 44.7 Å². The molecule has 1 unspecified atom stereocenters. The van der Waals surface area contributed by atoms with Crippen LogP contribution in [-0.4, -0.2) is 36.0 Å². The van der Waals surface area contributed by atoms with Crippen molar-refractivity contribution >= 4 is 18.0 Å². The van der Waals surface area contributed by atoms with Crippen LogP contribution in [0.3, 0.4) is 0 Å². The summed E-state index contributed by atoms with van der Waals surface area (Å²) < 4.78 is 5.08. The molecule has 1 amide bonds. The molecule has 1 aromatic carbocycles. The number of piperidine rings is 1. The van der Waals surface area contributed by atoms with Crippen molar-refractivity contribution in [1.82, 2.24) is 4.90 Å². The van der Waals surface area contributed by atoms with E-state index in [-0.39, 0.29) is 11.9 Å². The Balaban J connectivity index is 2.05. The van der Waals surface area contributed by atoms with Gasteiger partial charge in [0.1, 0.15) is 6.04 Å². The highest BCUT2D eigenvalue weighted by molar-refractivity contribution is 5.94. The van der Waals surface area contributed by atoms with Crippen LogP contribution in [0.2, 0.25) is 0 Å². The van der Waals surface area contributed by atoms with Crippen LogP contribution < -0.4 is 0 Å². The zero-order valence-corrected chi connectivity index (χ0v) is 13.2. The lowest BCUT2D eigenvalue weighted by Gasteiger charge is -2.33. The molecule has 1 heterocycles. The quantitative estimate of drug-likeness (QED) is 0.634. The number of hydrogen-bond acceptors (Lipinski definition) is 3. The van der Waals surface area contributed by atoms with Crippen LogP contribution in [-0.2, 0) is 14.3 Å². The fourth-order valence-electron chi connectivity index (χ4n) is 2.62. The number of rotatable bonds is 4. The molecule has 4 nitrogen and oxygen atoms in total. The van der Waals surface area contributed by atoms with Gasteiger partial charge in [0.2, 0.25) is 5.91 Å². The topological polar surface area (TPSA) is 46.6 Å². The third-order valence-corrected chi connectivity index (χ3v) is 3.84. The lowest BCUT2D eigenvalue weighted by molar-refractivity contribution is -0.155. The first-order valence-corrected chi connectivity index (χ1v) is 7.84. The maximum absolute atomic E-state index is 12.4. The Morgan fingerprint density at radius 3 is 2.68 bits per heavy atom. The summed E-state index contributed by atoms with van der Waals surface area (Å²) in [4.78, 5) is 26.0. The molecule has 22 heavy (non-hydrogen) atoms. The summed E-state index contributed by atoms with van der Waals surface area (Å²) in [5, 5.41) is 0. The number of benzene rings is 1. The molecule has 1 aliphatic rings. The second-order valence-electron chi connectivity index (χ2n) is 5.54. The van der Waals surface area contributed by atoms with Crippen molar-refractivity contribution in [1.29, 1.82) is 0 Å². The third kappa shape index (κ3) is 4.20. The van der Waals surface area contributed by atoms with Crippen LogP contribution in [0.15, 0.2) is 30.3 Å². The molecule has 1 aromatic rings. The average molecular weight is 301 g/mol. The van der Waals surface area contributed by atoms with Crippen LogP contribution >= 0.6 is 0 Å². The van der Waals surface area contributed by atoms with E-state index in [1.54, 1.807) is 24.0 Å². The van der Waals surface area contributed by atoms with Gasteiger partial charge in [0.05, 0.1) is 6.61 Å². The minimum Gasteiger partial charge on any atom is -0.464 e. The van der Waals surface area contributed by atoms with Gasteiger partial charge in [-0.3, -0.25) is 4.79 Å². The van der Waals surface area contributed by atoms with Crippen LogP contribution in [0.4, 0.5) is 0 Å². The molecule has 118 valence electrons. The molecule has 0 radical (unpaired) electrons. The third-order valence-electron chi connectivity index (χ3n) is 3.84. The molecule has 0 aromatic heterocycles. The van der Waals surface area contributed by atoms with Gasteiger partial charge in [0, 0.05) is 12.6 Å². The SMILES string of the molecule is CCOC(=O)C1CCCCN1C(=O)/C=C/c1ccc(C)cc1. The van der Waals surface area contributed by atoms with Gasteiger partial charge in [-0.2, -0.15) is 0 Å². The first kappa shape index (κ1) is 16.3. The number of hydrogen-bond donors (Lipinski definition) is 0. The van der Waals surface area contributed by atoms with Gasteiger partial charge < -0.3 is 9.64 Å². The highest BCUT2D eigenvalue weighted by Gasteiger charge is 2.31. The Hall–Kier alpha value is -2.10. The van der Waals surface area contributed by atoms with Crippen molar-refractivity contribution in [2.45, 2.75) is 39.2 Å². The first-order chi connectivity index (χ1) is 10.6. The molecule has 0 N–H and O–H groups in total. The fourth-order valence-corrected chi connectivity index (χ4v) is 2.62. The van der Waals surface area contributed by atoms with Crippen molar-refractivity contribution in [3.63, 3.8) is 0 Å². The minimum atomic E-state index is -0.441. The molecule has 0 spiro atoms. The summed E-state index contributed by atoms with van der Waals surface area (Å²) in [5.41, 5.74) is 2.16. The number of esters is 1. The van der Waals surface area contributed by atoms with E-state index >= 15 is 0 Å². The number of amides is 1. The summed E-state index contributed by atoms with van der Waals surface area (Å²) in [5.74, 6) is -0.419. The zero-order valence-electron chi connectivity index (χ0n) is 13.2. The molecular weight excluding hydrogens is 278 g/mol. The Morgan fingerprint density at radius 1 is 1.27 bits per heavy atom. The molecule has 4 heteroatoms. The lowest BCUT2D eigenvalue weighted by atomic mass is 10.0. The Kier molecular flexibility index (Phi) is 5.75. The predicted octanol–water partition coefficient (Wildman–Crippen LogP) is 2.95. The van der Waals surface area contributed by atoms with Crippen molar-refractivity contribution in [2.24, 2.45) is 0 Å². The number of ether oxygens (including phenoxy) is 1. The van der Waals surface area contributed by atoms with Gasteiger partial charge in [0.25, 0.3) is 0 Å². The number of nitrogens with zero attached hydrogens (tertiary/aromatic N) is 1. The van der Waals surface area contributed by atoms with Gasteiger partial charge in [-0.1, -0.05) is 29.8 Å². The average Bonchev–Trinajstić information content (AvgIpc) is 2.54. The normalized spacial score (nSPS) is 18.5. The second-order valence-corrected chi connectivity index (χ2v) is 5.54. The minimum absolute atomic E-state index is 0.127. The van der Waals surface area contributed by atoms with Gasteiger partial charge >= 0.3 is 5.97 Å². The molecule has 2 rings (SSSR count). The van der Waals surface area contributed by atoms with Crippen LogP contribution in [0.1, 0.15) is 37.3 Å². The Bertz CT molecular complexity index is 548. The summed E-state index contributed by atoms with van der Waals surface area (Å²) >= 11 is 0. The number of carbonyl (C=O) groups excluding carboxylic acids is 2. The maximum Gasteiger partial charge on any atom is 0.328 e. The summed E-state index contributed by atoms with van der Waals surface area (Å²) in [6.45, 7) is 4.76. The highest BCUT2D eigenvalue weighted by atomic mass is 16.5. The highest BCUT2D eigenvalue weighted by Crippen LogP contribution is 2.19. The largest absolute Gasteiger partial charge is 0.464 e. The van der Waals surface area contributed by atoms with Crippen LogP contribution in [0.5, 0.6) is 0 Å². The van der Waals surface area contributed by atoms with Gasteiger partial charge in [-0.25, -0.2) is 4.79 Å². The Morgan fingerprint density at radius 2 is 2.00 bits per heavy atom. The zero-order chi connectivity index (χ0) is 15.9. The number of likely N-dealkylation sites (tertiary alicyclic amines) is 1. The monoisotopic (exact) mass is 301 g/mol. The van der Waals surface area contributed by atoms with E-state index in [0.717, 1.165) is 18.4 Å². The second kappa shape index (κ2) is 7.78. The molecule has 1 saturated heterocycles. The van der Waals surface area contributed by atoms with Crippen LogP contribution in [0.25, 0.3) is 6.08 Å². The summed E-state index contributed by atoms with van der Waals surface area (Å²) in [7, 11) is 0. The van der Waals surface area contributed by atoms with E-state index in [0.29, 0.717) is 19.6 Å². The molecule has 1 atom stereocenters. The van der Waals surface area contributed by atoms with E-state index in [2.05, 4.69) is 0 Å². The predicted molar refractivity (Wildman–Crippen MR) is 86.2 cm³/mol. The Labute approximate surface area is 131 Å². The molecule has 0 bridgehead atoms. The van der Waals surface area contributed by atoms with E-state index in [1.165, 1.54) is 5.56 Å². The molecule has 0 aliphatic carbocycles. The van der Waals surface area contributed by atoms with Crippen molar-refractivity contribution < 1.29 is 14.3 Å². The number of aryl methyl sites for hydroxylation is 1. The maximum atomic E-state index is 12.4. The van der Waals surface area contributed by atoms with Crippen LogP contribution in [0, 0.1) is 6.92 Å². The van der Waals surface area contributed by atoms with E-state index < -0.39 is 6.04 Å². The molecular formula is C18H23NO3. The van der Waals surface area contributed by atoms with Crippen molar-refractivity contribution in [2.75, 3.05) is 13.2 Å². The smallest absolute Gasteiger partial charge is 0.328 e.